The Balaban J connectivity index is 2.17. The molecule has 2 atom stereocenters. The van der Waals surface area contributed by atoms with E-state index in [1.54, 1.807) is 24.3 Å². The van der Waals surface area contributed by atoms with Crippen LogP contribution in [0, 0.1) is 0 Å². The Morgan fingerprint density at radius 3 is 2.04 bits per heavy atom. The number of allylic oxidation sites excluding steroid dienone is 1. The van der Waals surface area contributed by atoms with Crippen molar-refractivity contribution in [3.05, 3.63) is 48.0 Å². The zero-order chi connectivity index (χ0) is 20.3. The van der Waals surface area contributed by atoms with Gasteiger partial charge in [-0.1, -0.05) is 6.08 Å². The summed E-state index contributed by atoms with van der Waals surface area (Å²) in [7, 11) is 4.59. The van der Waals surface area contributed by atoms with Crippen LogP contribution >= 0.6 is 0 Å². The maximum atomic E-state index is 10.7. The lowest BCUT2D eigenvalue weighted by Gasteiger charge is -2.34. The molecule has 7 nitrogen and oxygen atoms in total. The highest BCUT2D eigenvalue weighted by atomic mass is 17.2. The molecule has 0 unspecified atom stereocenters. The minimum Gasteiger partial charge on any atom is -0.507 e. The summed E-state index contributed by atoms with van der Waals surface area (Å²) in [5.41, 5.74) is 2.60. The van der Waals surface area contributed by atoms with Crippen molar-refractivity contribution in [2.45, 2.75) is 18.6 Å². The van der Waals surface area contributed by atoms with Crippen molar-refractivity contribution in [2.75, 3.05) is 27.9 Å². The first-order chi connectivity index (χ1) is 13.6. The number of rotatable bonds is 8. The Morgan fingerprint density at radius 1 is 0.964 bits per heavy atom. The van der Waals surface area contributed by atoms with Crippen molar-refractivity contribution in [2.24, 2.45) is 0 Å². The van der Waals surface area contributed by atoms with Crippen LogP contribution in [0.4, 0.5) is 0 Å². The minimum atomic E-state index is -0.457. The van der Waals surface area contributed by atoms with Crippen molar-refractivity contribution in [3.63, 3.8) is 0 Å². The van der Waals surface area contributed by atoms with Crippen LogP contribution in [0.25, 0.3) is 11.1 Å². The van der Waals surface area contributed by atoms with Gasteiger partial charge in [0.15, 0.2) is 0 Å². The minimum absolute atomic E-state index is 0.0389. The molecule has 1 fully saturated rings. The molecule has 0 spiro atoms. The highest BCUT2D eigenvalue weighted by Crippen LogP contribution is 2.50. The maximum absolute atomic E-state index is 10.7. The average molecular weight is 388 g/mol. The van der Waals surface area contributed by atoms with Crippen molar-refractivity contribution in [1.29, 1.82) is 0 Å². The standard InChI is InChI=1S/C21H24O7/c1-5-6-12-7-14(23)19(15(8-12)24-2)20-16(25-3)9-13(10-17(20)26-4)21-18(11-22)27-28-21/h5,7-10,18,21-23H,1,6,11H2,2-4H3/t18-,21+/m1/s1. The van der Waals surface area contributed by atoms with Gasteiger partial charge in [-0.05, 0) is 41.8 Å². The number of benzene rings is 2. The molecule has 2 aromatic rings. The van der Waals surface area contributed by atoms with Gasteiger partial charge in [0.05, 0.1) is 39.1 Å². The molecule has 0 aromatic heterocycles. The first-order valence-electron chi connectivity index (χ1n) is 8.77. The van der Waals surface area contributed by atoms with Crippen LogP contribution in [0.1, 0.15) is 17.2 Å². The first-order valence-corrected chi connectivity index (χ1v) is 8.77. The molecule has 2 aromatic carbocycles. The Hall–Kier alpha value is -2.74. The van der Waals surface area contributed by atoms with Gasteiger partial charge in [-0.15, -0.1) is 6.58 Å². The van der Waals surface area contributed by atoms with Crippen LogP contribution in [0.5, 0.6) is 23.0 Å². The van der Waals surface area contributed by atoms with Gasteiger partial charge in [0.25, 0.3) is 0 Å². The van der Waals surface area contributed by atoms with Gasteiger partial charge in [-0.3, -0.25) is 0 Å². The van der Waals surface area contributed by atoms with Gasteiger partial charge in [0.2, 0.25) is 0 Å². The molecular weight excluding hydrogens is 364 g/mol. The van der Waals surface area contributed by atoms with E-state index in [1.165, 1.54) is 21.3 Å². The zero-order valence-electron chi connectivity index (χ0n) is 16.1. The van der Waals surface area contributed by atoms with Crippen molar-refractivity contribution < 1.29 is 34.2 Å². The molecule has 1 saturated heterocycles. The average Bonchev–Trinajstić information content (AvgIpc) is 2.67. The lowest BCUT2D eigenvalue weighted by atomic mass is 9.94. The maximum Gasteiger partial charge on any atom is 0.150 e. The summed E-state index contributed by atoms with van der Waals surface area (Å²) in [5.74, 6) is 1.45. The van der Waals surface area contributed by atoms with Gasteiger partial charge in [0, 0.05) is 0 Å². The predicted molar refractivity (Wildman–Crippen MR) is 103 cm³/mol. The predicted octanol–water partition coefficient (Wildman–Crippen LogP) is 3.18. The number of phenolic OH excluding ortho intramolecular Hbond substituents is 1. The summed E-state index contributed by atoms with van der Waals surface area (Å²) in [4.78, 5) is 10.0. The van der Waals surface area contributed by atoms with Crippen LogP contribution in [0.15, 0.2) is 36.9 Å². The van der Waals surface area contributed by atoms with Gasteiger partial charge in [-0.2, -0.15) is 0 Å². The first kappa shape index (κ1) is 20.0. The fourth-order valence-corrected chi connectivity index (χ4v) is 3.28. The Morgan fingerprint density at radius 2 is 1.57 bits per heavy atom. The van der Waals surface area contributed by atoms with Crippen molar-refractivity contribution in [1.82, 2.24) is 0 Å². The molecule has 1 heterocycles. The molecule has 2 N–H and O–H groups in total. The van der Waals surface area contributed by atoms with Crippen LogP contribution in [-0.2, 0) is 16.2 Å². The molecule has 1 aliphatic rings. The van der Waals surface area contributed by atoms with Crippen LogP contribution in [-0.4, -0.2) is 44.3 Å². The van der Waals surface area contributed by atoms with E-state index in [9.17, 15) is 10.2 Å². The van der Waals surface area contributed by atoms with Gasteiger partial charge in [0.1, 0.15) is 35.2 Å². The molecule has 3 rings (SSSR count). The molecule has 1 aliphatic heterocycles. The molecule has 7 heteroatoms. The number of ether oxygens (including phenoxy) is 3. The molecule has 0 bridgehead atoms. The Labute approximate surface area is 163 Å². The molecule has 28 heavy (non-hydrogen) atoms. The quantitative estimate of drug-likeness (QED) is 0.530. The number of aliphatic hydroxyl groups excluding tert-OH is 1. The molecular formula is C21H24O7. The summed E-state index contributed by atoms with van der Waals surface area (Å²) in [6.45, 7) is 3.56. The topological polar surface area (TPSA) is 86.6 Å². The normalized spacial score (nSPS) is 18.3. The summed E-state index contributed by atoms with van der Waals surface area (Å²) >= 11 is 0. The Bertz CT molecular complexity index is 835. The van der Waals surface area contributed by atoms with E-state index in [0.717, 1.165) is 11.1 Å². The largest absolute Gasteiger partial charge is 0.507 e. The fraction of sp³-hybridized carbons (Fsp3) is 0.333. The zero-order valence-corrected chi connectivity index (χ0v) is 16.1. The number of hydrogen-bond donors (Lipinski definition) is 2. The number of aromatic hydroxyl groups is 1. The van der Waals surface area contributed by atoms with E-state index < -0.39 is 12.2 Å². The van der Waals surface area contributed by atoms with Gasteiger partial charge >= 0.3 is 0 Å². The number of aliphatic hydroxyl groups is 1. The summed E-state index contributed by atoms with van der Waals surface area (Å²) in [5, 5.41) is 20.1. The van der Waals surface area contributed by atoms with E-state index in [0.29, 0.717) is 34.8 Å². The lowest BCUT2D eigenvalue weighted by molar-refractivity contribution is -0.473. The summed E-state index contributed by atoms with van der Waals surface area (Å²) < 4.78 is 16.7. The van der Waals surface area contributed by atoms with Crippen LogP contribution in [0.3, 0.4) is 0 Å². The van der Waals surface area contributed by atoms with Gasteiger partial charge in [-0.25, -0.2) is 9.78 Å². The molecule has 0 aliphatic carbocycles. The summed E-state index contributed by atoms with van der Waals surface area (Å²) in [6.07, 6.45) is 1.45. The molecule has 0 saturated carbocycles. The smallest absolute Gasteiger partial charge is 0.150 e. The van der Waals surface area contributed by atoms with E-state index in [-0.39, 0.29) is 12.4 Å². The third-order valence-electron chi connectivity index (χ3n) is 4.65. The second kappa shape index (κ2) is 8.52. The van der Waals surface area contributed by atoms with E-state index in [2.05, 4.69) is 6.58 Å². The second-order valence-electron chi connectivity index (χ2n) is 6.32. The van der Waals surface area contributed by atoms with E-state index >= 15 is 0 Å². The summed E-state index contributed by atoms with van der Waals surface area (Å²) in [6, 6.07) is 7.04. The van der Waals surface area contributed by atoms with Gasteiger partial charge < -0.3 is 24.4 Å². The highest BCUT2D eigenvalue weighted by molar-refractivity contribution is 5.86. The third kappa shape index (κ3) is 3.52. The molecule has 0 amide bonds. The number of methoxy groups -OCH3 is 3. The number of hydrogen-bond acceptors (Lipinski definition) is 7. The van der Waals surface area contributed by atoms with Crippen molar-refractivity contribution in [3.8, 4) is 34.1 Å². The molecule has 150 valence electrons. The Kier molecular flexibility index (Phi) is 6.08. The SMILES string of the molecule is C=CCc1cc(O)c(-c2c(OC)cc([C@@H]3OO[C@@H]3CO)cc2OC)c(OC)c1. The van der Waals surface area contributed by atoms with E-state index in [4.69, 9.17) is 24.0 Å². The lowest BCUT2D eigenvalue weighted by Crippen LogP contribution is -2.38. The second-order valence-corrected chi connectivity index (χ2v) is 6.32. The molecule has 0 radical (unpaired) electrons. The fourth-order valence-electron chi connectivity index (χ4n) is 3.28. The third-order valence-corrected chi connectivity index (χ3v) is 4.65. The monoisotopic (exact) mass is 388 g/mol. The van der Waals surface area contributed by atoms with E-state index in [1.807, 2.05) is 6.07 Å². The highest BCUT2D eigenvalue weighted by Gasteiger charge is 2.37. The van der Waals surface area contributed by atoms with Crippen molar-refractivity contribution >= 4 is 0 Å². The number of phenols is 1. The van der Waals surface area contributed by atoms with Crippen LogP contribution in [0.2, 0.25) is 0 Å². The van der Waals surface area contributed by atoms with Crippen LogP contribution < -0.4 is 14.2 Å².